The number of benzene rings is 1. The van der Waals surface area contributed by atoms with Gasteiger partial charge in [0.1, 0.15) is 0 Å². The Bertz CT molecular complexity index is 361. The fourth-order valence-electron chi connectivity index (χ4n) is 1.41. The Labute approximate surface area is 112 Å². The van der Waals surface area contributed by atoms with Crippen molar-refractivity contribution >= 4 is 23.4 Å². The normalized spacial score (nSPS) is 10.4. The second-order valence-corrected chi connectivity index (χ2v) is 4.90. The van der Waals surface area contributed by atoms with E-state index in [0.717, 1.165) is 17.7 Å². The SMILES string of the molecule is COc1cc(CN)cc(Cl)c1OCCCSC. The molecular formula is C12H18ClNO2S. The van der Waals surface area contributed by atoms with Crippen molar-refractivity contribution in [2.24, 2.45) is 5.73 Å². The van der Waals surface area contributed by atoms with Gasteiger partial charge in [-0.15, -0.1) is 0 Å². The van der Waals surface area contributed by atoms with Gasteiger partial charge in [0.15, 0.2) is 11.5 Å². The molecule has 0 saturated carbocycles. The molecule has 0 aliphatic carbocycles. The van der Waals surface area contributed by atoms with Gasteiger partial charge in [-0.05, 0) is 36.1 Å². The van der Waals surface area contributed by atoms with E-state index >= 15 is 0 Å². The van der Waals surface area contributed by atoms with Gasteiger partial charge in [0.05, 0.1) is 18.7 Å². The molecule has 0 aliphatic rings. The largest absolute Gasteiger partial charge is 0.493 e. The van der Waals surface area contributed by atoms with Crippen LogP contribution in [0.4, 0.5) is 0 Å². The van der Waals surface area contributed by atoms with E-state index in [0.29, 0.717) is 29.7 Å². The average molecular weight is 276 g/mol. The molecule has 0 amide bonds. The average Bonchev–Trinajstić information content (AvgIpc) is 2.35. The standard InChI is InChI=1S/C12H18ClNO2S/c1-15-11-7-9(8-14)6-10(13)12(11)16-4-3-5-17-2/h6-7H,3-5,8,14H2,1-2H3. The third-order valence-corrected chi connectivity index (χ3v) is 3.24. The van der Waals surface area contributed by atoms with Crippen LogP contribution in [0.2, 0.25) is 5.02 Å². The van der Waals surface area contributed by atoms with Crippen molar-refractivity contribution in [2.45, 2.75) is 13.0 Å². The highest BCUT2D eigenvalue weighted by atomic mass is 35.5. The predicted molar refractivity (Wildman–Crippen MR) is 74.4 cm³/mol. The van der Waals surface area contributed by atoms with E-state index in [-0.39, 0.29) is 0 Å². The monoisotopic (exact) mass is 275 g/mol. The zero-order chi connectivity index (χ0) is 12.7. The van der Waals surface area contributed by atoms with Crippen LogP contribution in [0.5, 0.6) is 11.5 Å². The summed E-state index contributed by atoms with van der Waals surface area (Å²) in [6.07, 6.45) is 3.06. The highest BCUT2D eigenvalue weighted by molar-refractivity contribution is 7.98. The van der Waals surface area contributed by atoms with E-state index < -0.39 is 0 Å². The smallest absolute Gasteiger partial charge is 0.179 e. The lowest BCUT2D eigenvalue weighted by Gasteiger charge is -2.13. The molecule has 0 aromatic heterocycles. The van der Waals surface area contributed by atoms with Gasteiger partial charge in [-0.1, -0.05) is 11.6 Å². The molecule has 5 heteroatoms. The number of hydrogen-bond acceptors (Lipinski definition) is 4. The summed E-state index contributed by atoms with van der Waals surface area (Å²) in [5.41, 5.74) is 6.51. The van der Waals surface area contributed by atoms with Gasteiger partial charge in [0, 0.05) is 6.54 Å². The van der Waals surface area contributed by atoms with Crippen LogP contribution in [0.1, 0.15) is 12.0 Å². The van der Waals surface area contributed by atoms with Crippen molar-refractivity contribution in [3.05, 3.63) is 22.7 Å². The first-order chi connectivity index (χ1) is 8.22. The van der Waals surface area contributed by atoms with Crippen molar-refractivity contribution in [2.75, 3.05) is 25.7 Å². The van der Waals surface area contributed by atoms with Gasteiger partial charge in [-0.3, -0.25) is 0 Å². The molecule has 0 aliphatic heterocycles. The number of hydrogen-bond donors (Lipinski definition) is 1. The maximum atomic E-state index is 6.14. The molecule has 0 spiro atoms. The van der Waals surface area contributed by atoms with Crippen LogP contribution in [-0.4, -0.2) is 25.7 Å². The summed E-state index contributed by atoms with van der Waals surface area (Å²) in [6.45, 7) is 1.07. The summed E-state index contributed by atoms with van der Waals surface area (Å²) in [5.74, 6) is 2.32. The first-order valence-electron chi connectivity index (χ1n) is 5.41. The van der Waals surface area contributed by atoms with Crippen LogP contribution in [0.25, 0.3) is 0 Å². The summed E-state index contributed by atoms with van der Waals surface area (Å²) >= 11 is 7.94. The van der Waals surface area contributed by atoms with Crippen molar-refractivity contribution in [1.29, 1.82) is 0 Å². The van der Waals surface area contributed by atoms with Crippen LogP contribution >= 0.6 is 23.4 Å². The van der Waals surface area contributed by atoms with Crippen molar-refractivity contribution in [3.63, 3.8) is 0 Å². The molecule has 0 heterocycles. The lowest BCUT2D eigenvalue weighted by Crippen LogP contribution is -2.03. The predicted octanol–water partition coefficient (Wildman–Crippen LogP) is 2.94. The zero-order valence-electron chi connectivity index (χ0n) is 10.2. The number of halogens is 1. The Morgan fingerprint density at radius 3 is 2.76 bits per heavy atom. The third-order valence-electron chi connectivity index (χ3n) is 2.26. The van der Waals surface area contributed by atoms with Crippen LogP contribution in [0, 0.1) is 0 Å². The Morgan fingerprint density at radius 1 is 1.41 bits per heavy atom. The minimum absolute atomic E-state index is 0.433. The maximum Gasteiger partial charge on any atom is 0.179 e. The number of rotatable bonds is 7. The molecule has 96 valence electrons. The van der Waals surface area contributed by atoms with Gasteiger partial charge >= 0.3 is 0 Å². The molecule has 0 saturated heterocycles. The molecule has 1 rings (SSSR count). The highest BCUT2D eigenvalue weighted by Gasteiger charge is 2.11. The number of nitrogens with two attached hydrogens (primary N) is 1. The molecular weight excluding hydrogens is 258 g/mol. The number of ether oxygens (including phenoxy) is 2. The lowest BCUT2D eigenvalue weighted by atomic mass is 10.2. The van der Waals surface area contributed by atoms with E-state index in [4.69, 9.17) is 26.8 Å². The van der Waals surface area contributed by atoms with E-state index in [1.54, 1.807) is 18.9 Å². The van der Waals surface area contributed by atoms with Gasteiger partial charge < -0.3 is 15.2 Å². The van der Waals surface area contributed by atoms with Crippen LogP contribution in [-0.2, 0) is 6.54 Å². The molecule has 2 N–H and O–H groups in total. The van der Waals surface area contributed by atoms with Gasteiger partial charge in [-0.25, -0.2) is 0 Å². The minimum Gasteiger partial charge on any atom is -0.493 e. The summed E-state index contributed by atoms with van der Waals surface area (Å²) in [7, 11) is 1.60. The van der Waals surface area contributed by atoms with Crippen LogP contribution < -0.4 is 15.2 Å². The molecule has 1 aromatic rings. The summed E-state index contributed by atoms with van der Waals surface area (Å²) in [5, 5.41) is 0.550. The minimum atomic E-state index is 0.433. The molecule has 0 unspecified atom stereocenters. The Morgan fingerprint density at radius 2 is 2.18 bits per heavy atom. The van der Waals surface area contributed by atoms with Crippen molar-refractivity contribution < 1.29 is 9.47 Å². The molecule has 17 heavy (non-hydrogen) atoms. The van der Waals surface area contributed by atoms with Gasteiger partial charge in [0.25, 0.3) is 0 Å². The summed E-state index contributed by atoms with van der Waals surface area (Å²) in [4.78, 5) is 0. The van der Waals surface area contributed by atoms with E-state index in [2.05, 4.69) is 6.26 Å². The van der Waals surface area contributed by atoms with Gasteiger partial charge in [0.2, 0.25) is 0 Å². The Kier molecular flexibility index (Phi) is 6.55. The van der Waals surface area contributed by atoms with Crippen LogP contribution in [0.3, 0.4) is 0 Å². The summed E-state index contributed by atoms with van der Waals surface area (Å²) < 4.78 is 10.9. The van der Waals surface area contributed by atoms with Crippen molar-refractivity contribution in [1.82, 2.24) is 0 Å². The first-order valence-corrected chi connectivity index (χ1v) is 7.18. The second kappa shape index (κ2) is 7.69. The summed E-state index contributed by atoms with van der Waals surface area (Å²) in [6, 6.07) is 3.67. The molecule has 0 radical (unpaired) electrons. The maximum absolute atomic E-state index is 6.14. The van der Waals surface area contributed by atoms with E-state index in [9.17, 15) is 0 Å². The third kappa shape index (κ3) is 4.30. The topological polar surface area (TPSA) is 44.5 Å². The second-order valence-electron chi connectivity index (χ2n) is 3.51. The van der Waals surface area contributed by atoms with E-state index in [1.807, 2.05) is 12.1 Å². The van der Waals surface area contributed by atoms with Gasteiger partial charge in [-0.2, -0.15) is 11.8 Å². The molecule has 0 atom stereocenters. The highest BCUT2D eigenvalue weighted by Crippen LogP contribution is 2.36. The Hall–Kier alpha value is -0.580. The zero-order valence-corrected chi connectivity index (χ0v) is 11.7. The van der Waals surface area contributed by atoms with Crippen molar-refractivity contribution in [3.8, 4) is 11.5 Å². The van der Waals surface area contributed by atoms with Crippen LogP contribution in [0.15, 0.2) is 12.1 Å². The number of methoxy groups -OCH3 is 1. The Balaban J connectivity index is 2.75. The molecule has 0 fully saturated rings. The fourth-order valence-corrected chi connectivity index (χ4v) is 2.10. The lowest BCUT2D eigenvalue weighted by molar-refractivity contribution is 0.295. The first kappa shape index (κ1) is 14.5. The molecule has 0 bridgehead atoms. The quantitative estimate of drug-likeness (QED) is 0.777. The number of thioether (sulfide) groups is 1. The fraction of sp³-hybridized carbons (Fsp3) is 0.500. The molecule has 3 nitrogen and oxygen atoms in total. The van der Waals surface area contributed by atoms with E-state index in [1.165, 1.54) is 0 Å². The molecule has 1 aromatic carbocycles.